The van der Waals surface area contributed by atoms with Crippen LogP contribution in [0.25, 0.3) is 0 Å². The number of hydrogen-bond donors (Lipinski definition) is 1. The minimum atomic E-state index is -1.15. The van der Waals surface area contributed by atoms with Crippen LogP contribution in [0.15, 0.2) is 25.3 Å². The third kappa shape index (κ3) is 5.29. The zero-order valence-electron chi connectivity index (χ0n) is 21.6. The monoisotopic (exact) mass is 568 g/mol. The van der Waals surface area contributed by atoms with Gasteiger partial charge in [-0.05, 0) is 39.0 Å². The van der Waals surface area contributed by atoms with E-state index in [-0.39, 0.29) is 29.9 Å². The molecule has 3 heterocycles. The van der Waals surface area contributed by atoms with Gasteiger partial charge in [0.05, 0.1) is 37.2 Å². The van der Waals surface area contributed by atoms with Crippen LogP contribution in [-0.2, 0) is 23.9 Å². The smallest absolute Gasteiger partial charge is 0.312 e. The van der Waals surface area contributed by atoms with Crippen molar-refractivity contribution in [3.05, 3.63) is 25.3 Å². The molecule has 36 heavy (non-hydrogen) atoms. The molecule has 0 aromatic carbocycles. The highest BCUT2D eigenvalue weighted by Crippen LogP contribution is 2.60. The number of likely N-dealkylation sites (tertiary alicyclic amines) is 1. The molecule has 3 saturated heterocycles. The van der Waals surface area contributed by atoms with Gasteiger partial charge in [-0.25, -0.2) is 0 Å². The molecule has 0 saturated carbocycles. The van der Waals surface area contributed by atoms with Crippen molar-refractivity contribution >= 4 is 33.7 Å². The highest BCUT2D eigenvalue weighted by Gasteiger charge is 2.77. The van der Waals surface area contributed by atoms with E-state index in [1.54, 1.807) is 17.9 Å². The highest BCUT2D eigenvalue weighted by atomic mass is 79.9. The van der Waals surface area contributed by atoms with Crippen molar-refractivity contribution in [3.63, 3.8) is 0 Å². The summed E-state index contributed by atoms with van der Waals surface area (Å²) in [5, 5.41) is 9.99. The van der Waals surface area contributed by atoms with Crippen molar-refractivity contribution in [3.8, 4) is 0 Å². The second-order valence-corrected chi connectivity index (χ2v) is 11.3. The van der Waals surface area contributed by atoms with E-state index in [4.69, 9.17) is 9.47 Å². The van der Waals surface area contributed by atoms with Crippen LogP contribution in [0.4, 0.5) is 0 Å². The minimum absolute atomic E-state index is 0.188. The van der Waals surface area contributed by atoms with E-state index >= 15 is 0 Å². The van der Waals surface area contributed by atoms with Crippen LogP contribution in [0.2, 0.25) is 0 Å². The molecule has 9 heteroatoms. The van der Waals surface area contributed by atoms with E-state index in [1.165, 1.54) is 4.90 Å². The van der Waals surface area contributed by atoms with Crippen LogP contribution in [0.1, 0.15) is 58.8 Å². The van der Waals surface area contributed by atoms with Gasteiger partial charge in [0.15, 0.2) is 0 Å². The largest absolute Gasteiger partial charge is 0.465 e. The number of allylic oxidation sites excluding steroid dienone is 1. The topological polar surface area (TPSA) is 96.4 Å². The van der Waals surface area contributed by atoms with Gasteiger partial charge in [-0.3, -0.25) is 14.4 Å². The molecule has 2 amide bonds. The number of carbonyl (C=O) groups excluding carboxylic acids is 3. The summed E-state index contributed by atoms with van der Waals surface area (Å²) in [5.74, 6) is -2.62. The lowest BCUT2D eigenvalue weighted by Gasteiger charge is -2.38. The third-order valence-corrected chi connectivity index (χ3v) is 8.56. The summed E-state index contributed by atoms with van der Waals surface area (Å²) in [6, 6.07) is -1.52. The lowest BCUT2D eigenvalue weighted by atomic mass is 9.70. The molecule has 8 nitrogen and oxygen atoms in total. The van der Waals surface area contributed by atoms with Gasteiger partial charge >= 0.3 is 5.97 Å². The fourth-order valence-electron chi connectivity index (χ4n) is 6.01. The number of amides is 2. The molecule has 202 valence electrons. The predicted octanol–water partition coefficient (Wildman–Crippen LogP) is 3.22. The summed E-state index contributed by atoms with van der Waals surface area (Å²) in [7, 11) is 0. The number of carbonyl (C=O) groups is 3. The molecule has 1 N–H and O–H groups in total. The quantitative estimate of drug-likeness (QED) is 0.141. The Kier molecular flexibility index (Phi) is 10.2. The van der Waals surface area contributed by atoms with Crippen LogP contribution in [0.3, 0.4) is 0 Å². The Bertz CT molecular complexity index is 837. The van der Waals surface area contributed by atoms with E-state index in [0.717, 1.165) is 32.1 Å². The highest BCUT2D eigenvalue weighted by molar-refractivity contribution is 9.09. The van der Waals surface area contributed by atoms with E-state index in [9.17, 15) is 19.5 Å². The molecule has 7 atom stereocenters. The summed E-state index contributed by atoms with van der Waals surface area (Å²) in [4.78, 5) is 44.2. The molecular weight excluding hydrogens is 528 g/mol. The van der Waals surface area contributed by atoms with Crippen LogP contribution < -0.4 is 0 Å². The molecule has 0 aromatic heterocycles. The number of fused-ring (bicyclic) bond motifs is 1. The Balaban J connectivity index is 1.92. The van der Waals surface area contributed by atoms with Crippen LogP contribution >= 0.6 is 15.9 Å². The zero-order chi connectivity index (χ0) is 26.5. The van der Waals surface area contributed by atoms with Crippen molar-refractivity contribution in [1.29, 1.82) is 0 Å². The van der Waals surface area contributed by atoms with Crippen molar-refractivity contribution < 1.29 is 29.0 Å². The summed E-state index contributed by atoms with van der Waals surface area (Å²) in [6.07, 6.45) is 8.66. The van der Waals surface area contributed by atoms with E-state index in [1.807, 2.05) is 6.08 Å². The lowest BCUT2D eigenvalue weighted by molar-refractivity contribution is -0.156. The summed E-state index contributed by atoms with van der Waals surface area (Å²) in [5.41, 5.74) is -1.15. The summed E-state index contributed by atoms with van der Waals surface area (Å²) < 4.78 is 12.1. The third-order valence-electron chi connectivity index (χ3n) is 7.71. The average Bonchev–Trinajstić information content (AvgIpc) is 3.45. The standard InChI is InChI=1S/C27H41BrN2O6/c1-5-8-10-12-15-35-26(34)20-21-24(32)30(18(4)17-31)23(27(21)16-19(28)22(20)36-27)25(33)29(13-7-3)14-11-9-6-2/h5,7,18-23,31H,1,3,6,8-17H2,2,4H3/t18-,19?,20+,21+,22+,23?,27?/m1/s1. The number of rotatable bonds is 15. The Morgan fingerprint density at radius 1 is 1.31 bits per heavy atom. The molecule has 3 unspecified atom stereocenters. The number of hydrogen-bond acceptors (Lipinski definition) is 6. The number of unbranched alkanes of at least 4 members (excludes halogenated alkanes) is 4. The normalized spacial score (nSPS) is 31.3. The molecule has 3 aliphatic rings. The summed E-state index contributed by atoms with van der Waals surface area (Å²) >= 11 is 3.66. The van der Waals surface area contributed by atoms with Gasteiger partial charge in [-0.2, -0.15) is 0 Å². The molecular formula is C27H41BrN2O6. The molecule has 2 bridgehead atoms. The number of aliphatic hydroxyl groups is 1. The molecule has 1 spiro atoms. The van der Waals surface area contributed by atoms with Crippen molar-refractivity contribution in [1.82, 2.24) is 9.80 Å². The maximum atomic E-state index is 14.1. The SMILES string of the molecule is C=CCCCCOC(=O)[C@H]1[C@H]2C(=O)N([C@H](C)CO)C(C(=O)N(CC=C)CCCCC)C23CC(Br)[C@@H]1O3. The van der Waals surface area contributed by atoms with E-state index < -0.39 is 41.6 Å². The fraction of sp³-hybridized carbons (Fsp3) is 0.741. The van der Waals surface area contributed by atoms with Crippen LogP contribution in [0, 0.1) is 11.8 Å². The van der Waals surface area contributed by atoms with E-state index in [2.05, 4.69) is 36.0 Å². The number of aliphatic hydroxyl groups excluding tert-OH is 1. The number of ether oxygens (including phenoxy) is 2. The Hall–Kier alpha value is -1.71. The summed E-state index contributed by atoms with van der Waals surface area (Å²) in [6.45, 7) is 12.2. The Morgan fingerprint density at radius 3 is 2.69 bits per heavy atom. The van der Waals surface area contributed by atoms with Gasteiger partial charge in [0.2, 0.25) is 11.8 Å². The molecule has 0 radical (unpaired) electrons. The molecule has 0 aliphatic carbocycles. The Labute approximate surface area is 223 Å². The number of esters is 1. The average molecular weight is 570 g/mol. The minimum Gasteiger partial charge on any atom is -0.465 e. The fourth-order valence-corrected chi connectivity index (χ4v) is 6.95. The van der Waals surface area contributed by atoms with Gasteiger partial charge < -0.3 is 24.4 Å². The first kappa shape index (κ1) is 28.9. The molecule has 0 aromatic rings. The zero-order valence-corrected chi connectivity index (χ0v) is 23.2. The Morgan fingerprint density at radius 2 is 2.06 bits per heavy atom. The van der Waals surface area contributed by atoms with Crippen LogP contribution in [-0.4, -0.2) is 87.6 Å². The maximum absolute atomic E-state index is 14.1. The first-order chi connectivity index (χ1) is 17.3. The van der Waals surface area contributed by atoms with Crippen molar-refractivity contribution in [2.24, 2.45) is 11.8 Å². The van der Waals surface area contributed by atoms with Gasteiger partial charge in [0.25, 0.3) is 0 Å². The van der Waals surface area contributed by atoms with Crippen molar-refractivity contribution in [2.75, 3.05) is 26.3 Å². The number of halogens is 1. The van der Waals surface area contributed by atoms with Crippen molar-refractivity contribution in [2.45, 2.75) is 87.4 Å². The van der Waals surface area contributed by atoms with Gasteiger partial charge in [0.1, 0.15) is 11.6 Å². The lowest BCUT2D eigenvalue weighted by Crippen LogP contribution is -2.58. The first-order valence-electron chi connectivity index (χ1n) is 13.2. The number of nitrogens with zero attached hydrogens (tertiary/aromatic N) is 2. The first-order valence-corrected chi connectivity index (χ1v) is 14.1. The van der Waals surface area contributed by atoms with Gasteiger partial charge in [-0.15, -0.1) is 13.2 Å². The molecule has 3 rings (SSSR count). The van der Waals surface area contributed by atoms with Gasteiger partial charge in [-0.1, -0.05) is 47.8 Å². The second-order valence-electron chi connectivity index (χ2n) is 10.2. The predicted molar refractivity (Wildman–Crippen MR) is 140 cm³/mol. The number of alkyl halides is 1. The van der Waals surface area contributed by atoms with Crippen LogP contribution in [0.5, 0.6) is 0 Å². The second kappa shape index (κ2) is 12.7. The van der Waals surface area contributed by atoms with Gasteiger partial charge in [0, 0.05) is 17.9 Å². The molecule has 3 fully saturated rings. The molecule has 3 aliphatic heterocycles. The van der Waals surface area contributed by atoms with E-state index in [0.29, 0.717) is 25.9 Å². The maximum Gasteiger partial charge on any atom is 0.312 e.